The number of aliphatic carboxylic acids is 1. The lowest BCUT2D eigenvalue weighted by Gasteiger charge is -2.28. The maximum atomic E-state index is 12.5. The Labute approximate surface area is 129 Å². The molecule has 1 aromatic carbocycles. The Bertz CT molecular complexity index is 564. The third kappa shape index (κ3) is 3.50. The minimum Gasteiger partial charge on any atom is -0.493 e. The summed E-state index contributed by atoms with van der Waals surface area (Å²) in [5, 5.41) is 12.0. The summed E-state index contributed by atoms with van der Waals surface area (Å²) in [4.78, 5) is 23.5. The fourth-order valence-electron chi connectivity index (χ4n) is 2.98. The van der Waals surface area contributed by atoms with Gasteiger partial charge in [0.25, 0.3) is 5.91 Å². The number of hydrogen-bond acceptors (Lipinski definition) is 4. The van der Waals surface area contributed by atoms with Crippen LogP contribution < -0.4 is 14.8 Å². The second-order valence-electron chi connectivity index (χ2n) is 5.58. The van der Waals surface area contributed by atoms with Crippen molar-refractivity contribution in [2.45, 2.75) is 37.6 Å². The first-order valence-corrected chi connectivity index (χ1v) is 7.26. The molecule has 0 spiro atoms. The summed E-state index contributed by atoms with van der Waals surface area (Å²) in [5.41, 5.74) is -0.217. The monoisotopic (exact) mass is 307 g/mol. The van der Waals surface area contributed by atoms with Crippen LogP contribution in [-0.4, -0.2) is 36.7 Å². The molecule has 1 saturated carbocycles. The predicted octanol–water partition coefficient (Wildman–Crippen LogP) is 2.22. The minimum atomic E-state index is -0.894. The molecule has 1 aliphatic rings. The number of carbonyl (C=O) groups is 2. The number of rotatable bonds is 6. The highest BCUT2D eigenvalue weighted by atomic mass is 16.5. The van der Waals surface area contributed by atoms with Gasteiger partial charge in [0, 0.05) is 5.56 Å². The van der Waals surface area contributed by atoms with E-state index in [-0.39, 0.29) is 12.3 Å². The van der Waals surface area contributed by atoms with Crippen molar-refractivity contribution in [2.75, 3.05) is 14.2 Å². The number of methoxy groups -OCH3 is 2. The molecule has 0 heterocycles. The molecule has 0 radical (unpaired) electrons. The van der Waals surface area contributed by atoms with Gasteiger partial charge >= 0.3 is 5.97 Å². The number of carboxylic acids is 1. The molecule has 0 aliphatic heterocycles. The molecule has 0 bridgehead atoms. The number of amides is 1. The van der Waals surface area contributed by atoms with Gasteiger partial charge < -0.3 is 19.9 Å². The lowest BCUT2D eigenvalue weighted by Crippen LogP contribution is -2.47. The number of benzene rings is 1. The van der Waals surface area contributed by atoms with Gasteiger partial charge in [0.1, 0.15) is 0 Å². The molecule has 22 heavy (non-hydrogen) atoms. The van der Waals surface area contributed by atoms with Crippen LogP contribution in [0.4, 0.5) is 0 Å². The van der Waals surface area contributed by atoms with E-state index < -0.39 is 11.5 Å². The van der Waals surface area contributed by atoms with Crippen molar-refractivity contribution >= 4 is 11.9 Å². The summed E-state index contributed by atoms with van der Waals surface area (Å²) in [6.45, 7) is 0. The highest BCUT2D eigenvalue weighted by Gasteiger charge is 2.37. The lowest BCUT2D eigenvalue weighted by atomic mass is 9.92. The Morgan fingerprint density at radius 3 is 2.36 bits per heavy atom. The van der Waals surface area contributed by atoms with Crippen LogP contribution in [-0.2, 0) is 4.79 Å². The highest BCUT2D eigenvalue weighted by molar-refractivity contribution is 5.95. The van der Waals surface area contributed by atoms with Gasteiger partial charge in [0.05, 0.1) is 26.2 Å². The highest BCUT2D eigenvalue weighted by Crippen LogP contribution is 2.33. The van der Waals surface area contributed by atoms with Crippen molar-refractivity contribution in [1.29, 1.82) is 0 Å². The normalized spacial score (nSPS) is 16.1. The molecule has 2 N–H and O–H groups in total. The van der Waals surface area contributed by atoms with Crippen molar-refractivity contribution in [3.8, 4) is 11.5 Å². The van der Waals surface area contributed by atoms with Gasteiger partial charge in [0.2, 0.25) is 0 Å². The molecule has 0 unspecified atom stereocenters. The third-order valence-electron chi connectivity index (χ3n) is 4.07. The third-order valence-corrected chi connectivity index (χ3v) is 4.07. The number of ether oxygens (including phenoxy) is 2. The zero-order valence-electron chi connectivity index (χ0n) is 12.8. The first-order valence-electron chi connectivity index (χ1n) is 7.26. The first kappa shape index (κ1) is 16.1. The van der Waals surface area contributed by atoms with Crippen molar-refractivity contribution in [1.82, 2.24) is 5.32 Å². The predicted molar refractivity (Wildman–Crippen MR) is 80.5 cm³/mol. The van der Waals surface area contributed by atoms with Crippen LogP contribution in [0.5, 0.6) is 11.5 Å². The summed E-state index contributed by atoms with van der Waals surface area (Å²) < 4.78 is 10.3. The smallest absolute Gasteiger partial charge is 0.305 e. The Morgan fingerprint density at radius 1 is 1.18 bits per heavy atom. The molecule has 0 saturated heterocycles. The SMILES string of the molecule is COc1ccc(C(=O)NC2(CC(=O)O)CCCC2)cc1OC. The van der Waals surface area contributed by atoms with E-state index in [2.05, 4.69) is 5.32 Å². The summed E-state index contributed by atoms with van der Waals surface area (Å²) in [6, 6.07) is 4.89. The van der Waals surface area contributed by atoms with Gasteiger partial charge in [-0.1, -0.05) is 12.8 Å². The van der Waals surface area contributed by atoms with Gasteiger partial charge in [-0.15, -0.1) is 0 Å². The van der Waals surface area contributed by atoms with E-state index in [1.165, 1.54) is 14.2 Å². The van der Waals surface area contributed by atoms with Crippen LogP contribution in [0.3, 0.4) is 0 Å². The summed E-state index contributed by atoms with van der Waals surface area (Å²) in [5.74, 6) is -0.173. The molecule has 6 nitrogen and oxygen atoms in total. The van der Waals surface area contributed by atoms with Crippen molar-refractivity contribution in [3.63, 3.8) is 0 Å². The van der Waals surface area contributed by atoms with E-state index >= 15 is 0 Å². The zero-order valence-corrected chi connectivity index (χ0v) is 12.8. The Hall–Kier alpha value is -2.24. The minimum absolute atomic E-state index is 0.0496. The Kier molecular flexibility index (Phi) is 4.90. The quantitative estimate of drug-likeness (QED) is 0.842. The second-order valence-corrected chi connectivity index (χ2v) is 5.58. The van der Waals surface area contributed by atoms with Crippen LogP contribution in [0.2, 0.25) is 0 Å². The van der Waals surface area contributed by atoms with Gasteiger partial charge in [-0.25, -0.2) is 0 Å². The van der Waals surface area contributed by atoms with Crippen LogP contribution in [0, 0.1) is 0 Å². The molecule has 0 atom stereocenters. The fourth-order valence-corrected chi connectivity index (χ4v) is 2.98. The van der Waals surface area contributed by atoms with E-state index in [1.54, 1.807) is 18.2 Å². The van der Waals surface area contributed by atoms with Crippen molar-refractivity contribution < 1.29 is 24.2 Å². The van der Waals surface area contributed by atoms with Gasteiger partial charge in [-0.05, 0) is 31.0 Å². The van der Waals surface area contributed by atoms with Crippen LogP contribution >= 0.6 is 0 Å². The average Bonchev–Trinajstić information content (AvgIpc) is 2.93. The van der Waals surface area contributed by atoms with Gasteiger partial charge in [0.15, 0.2) is 11.5 Å². The molecular weight excluding hydrogens is 286 g/mol. The molecule has 1 fully saturated rings. The van der Waals surface area contributed by atoms with Crippen LogP contribution in [0.15, 0.2) is 18.2 Å². The number of carbonyl (C=O) groups excluding carboxylic acids is 1. The Morgan fingerprint density at radius 2 is 1.82 bits per heavy atom. The second kappa shape index (κ2) is 6.68. The van der Waals surface area contributed by atoms with Crippen LogP contribution in [0.1, 0.15) is 42.5 Å². The van der Waals surface area contributed by atoms with E-state index in [9.17, 15) is 9.59 Å². The summed E-state index contributed by atoms with van der Waals surface area (Å²) in [6.07, 6.45) is 3.20. The first-order chi connectivity index (χ1) is 10.5. The number of hydrogen-bond donors (Lipinski definition) is 2. The van der Waals surface area contributed by atoms with E-state index in [1.807, 2.05) is 0 Å². The van der Waals surface area contributed by atoms with E-state index in [4.69, 9.17) is 14.6 Å². The maximum Gasteiger partial charge on any atom is 0.305 e. The lowest BCUT2D eigenvalue weighted by molar-refractivity contribution is -0.138. The van der Waals surface area contributed by atoms with E-state index in [0.29, 0.717) is 29.9 Å². The molecule has 0 aromatic heterocycles. The fraction of sp³-hybridized carbons (Fsp3) is 0.500. The summed E-state index contributed by atoms with van der Waals surface area (Å²) in [7, 11) is 3.03. The number of carboxylic acid groups (broad SMARTS) is 1. The van der Waals surface area contributed by atoms with Gasteiger partial charge in [-0.2, -0.15) is 0 Å². The average molecular weight is 307 g/mol. The molecule has 1 amide bonds. The van der Waals surface area contributed by atoms with Crippen LogP contribution in [0.25, 0.3) is 0 Å². The van der Waals surface area contributed by atoms with Gasteiger partial charge in [-0.3, -0.25) is 9.59 Å². The number of nitrogens with one attached hydrogen (secondary N) is 1. The molecule has 2 rings (SSSR count). The maximum absolute atomic E-state index is 12.5. The zero-order chi connectivity index (χ0) is 16.2. The van der Waals surface area contributed by atoms with Crippen molar-refractivity contribution in [3.05, 3.63) is 23.8 Å². The molecule has 1 aromatic rings. The molecular formula is C16H21NO5. The largest absolute Gasteiger partial charge is 0.493 e. The molecule has 120 valence electrons. The van der Waals surface area contributed by atoms with E-state index in [0.717, 1.165) is 12.8 Å². The summed E-state index contributed by atoms with van der Waals surface area (Å²) >= 11 is 0. The topological polar surface area (TPSA) is 84.9 Å². The standard InChI is InChI=1S/C16H21NO5/c1-21-12-6-5-11(9-13(12)22-2)15(20)17-16(10-14(18)19)7-3-4-8-16/h5-6,9H,3-4,7-8,10H2,1-2H3,(H,17,20)(H,18,19). The Balaban J connectivity index is 2.18. The van der Waals surface area contributed by atoms with Crippen molar-refractivity contribution in [2.24, 2.45) is 0 Å². The molecule has 1 aliphatic carbocycles. The molecule has 6 heteroatoms.